The van der Waals surface area contributed by atoms with Gasteiger partial charge in [0.25, 0.3) is 0 Å². The van der Waals surface area contributed by atoms with Crippen LogP contribution in [0.4, 0.5) is 5.69 Å². The molecule has 2 aliphatic carbocycles. The van der Waals surface area contributed by atoms with Gasteiger partial charge in [0.1, 0.15) is 0 Å². The highest BCUT2D eigenvalue weighted by atomic mass is 28.4. The highest BCUT2D eigenvalue weighted by Crippen LogP contribution is 2.54. The van der Waals surface area contributed by atoms with E-state index >= 15 is 0 Å². The van der Waals surface area contributed by atoms with Crippen LogP contribution in [0.15, 0.2) is 42.0 Å². The van der Waals surface area contributed by atoms with Gasteiger partial charge >= 0.3 is 0 Å². The predicted molar refractivity (Wildman–Crippen MR) is 157 cm³/mol. The lowest BCUT2D eigenvalue weighted by atomic mass is 9.72. The van der Waals surface area contributed by atoms with Gasteiger partial charge < -0.3 is 13.6 Å². The fourth-order valence-corrected chi connectivity index (χ4v) is 8.33. The lowest BCUT2D eigenvalue weighted by molar-refractivity contribution is -0.126. The molecule has 0 aromatic heterocycles. The summed E-state index contributed by atoms with van der Waals surface area (Å²) in [6.45, 7) is 22.5. The van der Waals surface area contributed by atoms with Crippen molar-refractivity contribution in [1.29, 1.82) is 0 Å². The summed E-state index contributed by atoms with van der Waals surface area (Å²) in [5.41, 5.74) is 1.70. The first-order valence-corrected chi connectivity index (χ1v) is 19.8. The summed E-state index contributed by atoms with van der Waals surface area (Å²) in [5, 5.41) is 0.0620. The third kappa shape index (κ3) is 4.92. The predicted octanol–water partition coefficient (Wildman–Crippen LogP) is 6.55. The van der Waals surface area contributed by atoms with Crippen molar-refractivity contribution in [2.45, 2.75) is 103 Å². The standard InChI is InChI=1S/C30H47NO5Si2/c1-29(2,3)37(8,9)35-21-18-23(36-38(10,11)30(4,5)6)24-20(21)17-22(34-7)25-26(24)28(33)31(27(25)32)19-15-13-12-14-16-19/h12-17,21-26H,18H2,1-11H3/t21-,22+,23+,24+,25+,26-/m0/s1. The Morgan fingerprint density at radius 3 is 1.84 bits per heavy atom. The van der Waals surface area contributed by atoms with Gasteiger partial charge in [0.05, 0.1) is 35.8 Å². The number of amides is 2. The van der Waals surface area contributed by atoms with E-state index in [2.05, 4.69) is 73.8 Å². The maximum atomic E-state index is 14.2. The zero-order valence-corrected chi connectivity index (χ0v) is 27.1. The molecule has 2 fully saturated rings. The van der Waals surface area contributed by atoms with E-state index in [0.29, 0.717) is 12.1 Å². The third-order valence-electron chi connectivity index (χ3n) is 9.88. The second kappa shape index (κ2) is 9.80. The van der Waals surface area contributed by atoms with E-state index in [9.17, 15) is 9.59 Å². The van der Waals surface area contributed by atoms with Crippen LogP contribution in [0, 0.1) is 17.8 Å². The van der Waals surface area contributed by atoms with Crippen LogP contribution >= 0.6 is 0 Å². The number of anilines is 1. The van der Waals surface area contributed by atoms with Crippen LogP contribution < -0.4 is 4.90 Å². The zero-order valence-electron chi connectivity index (χ0n) is 25.1. The van der Waals surface area contributed by atoms with Crippen molar-refractivity contribution in [3.05, 3.63) is 42.0 Å². The molecule has 0 N–H and O–H groups in total. The largest absolute Gasteiger partial charge is 0.413 e. The Hall–Kier alpha value is -1.59. The molecule has 1 heterocycles. The number of hydrogen-bond acceptors (Lipinski definition) is 5. The molecular weight excluding hydrogens is 511 g/mol. The van der Waals surface area contributed by atoms with Crippen molar-refractivity contribution in [2.75, 3.05) is 12.0 Å². The molecule has 210 valence electrons. The number of para-hydroxylation sites is 1. The normalized spacial score (nSPS) is 30.4. The smallest absolute Gasteiger partial charge is 0.240 e. The van der Waals surface area contributed by atoms with Gasteiger partial charge in [0, 0.05) is 19.4 Å². The first-order valence-electron chi connectivity index (χ1n) is 13.9. The SMILES string of the molecule is CO[C@@H]1C=C2[C@@H]([C@@H]3C(=O)N(c4ccccc4)C(=O)[C@@H]31)[C@H](O[Si](C)(C)C(C)(C)C)C[C@@H]2O[Si](C)(C)C(C)(C)C. The Kier molecular flexibility index (Phi) is 7.58. The van der Waals surface area contributed by atoms with E-state index in [1.54, 1.807) is 7.11 Å². The van der Waals surface area contributed by atoms with E-state index in [1.807, 2.05) is 30.3 Å². The summed E-state index contributed by atoms with van der Waals surface area (Å²) in [6.07, 6.45) is 1.98. The fourth-order valence-electron chi connectivity index (χ4n) is 5.68. The molecule has 4 rings (SSSR count). The van der Waals surface area contributed by atoms with Gasteiger partial charge in [-0.3, -0.25) is 9.59 Å². The van der Waals surface area contributed by atoms with E-state index in [0.717, 1.165) is 5.57 Å². The lowest BCUT2D eigenvalue weighted by Crippen LogP contribution is -2.48. The van der Waals surface area contributed by atoms with Crippen molar-refractivity contribution < 1.29 is 23.2 Å². The second-order valence-corrected chi connectivity index (χ2v) is 23.8. The summed E-state index contributed by atoms with van der Waals surface area (Å²) in [7, 11) is -2.67. The van der Waals surface area contributed by atoms with Crippen LogP contribution in [0.25, 0.3) is 0 Å². The maximum Gasteiger partial charge on any atom is 0.240 e. The molecule has 1 aliphatic heterocycles. The molecule has 6 atom stereocenters. The molecule has 3 aliphatic rings. The van der Waals surface area contributed by atoms with Gasteiger partial charge in [0.2, 0.25) is 11.8 Å². The highest BCUT2D eigenvalue weighted by Gasteiger charge is 2.63. The van der Waals surface area contributed by atoms with Crippen LogP contribution in [-0.2, 0) is 23.2 Å². The van der Waals surface area contributed by atoms with Crippen molar-refractivity contribution in [3.8, 4) is 0 Å². The third-order valence-corrected chi connectivity index (χ3v) is 18.9. The Balaban J connectivity index is 1.80. The summed E-state index contributed by atoms with van der Waals surface area (Å²) >= 11 is 0. The van der Waals surface area contributed by atoms with Gasteiger partial charge in [-0.1, -0.05) is 65.8 Å². The van der Waals surface area contributed by atoms with Crippen LogP contribution in [-0.4, -0.2) is 53.9 Å². The monoisotopic (exact) mass is 557 g/mol. The average molecular weight is 558 g/mol. The minimum absolute atomic E-state index is 0.0178. The molecule has 0 unspecified atom stereocenters. The van der Waals surface area contributed by atoms with Crippen molar-refractivity contribution in [1.82, 2.24) is 0 Å². The Labute approximate surface area is 231 Å². The number of rotatable bonds is 6. The molecule has 0 bridgehead atoms. The Bertz CT molecular complexity index is 1100. The number of benzene rings is 1. The van der Waals surface area contributed by atoms with Gasteiger partial charge in [-0.15, -0.1) is 0 Å². The van der Waals surface area contributed by atoms with E-state index in [4.69, 9.17) is 13.6 Å². The quantitative estimate of drug-likeness (QED) is 0.225. The first kappa shape index (κ1) is 29.4. The Morgan fingerprint density at radius 1 is 0.789 bits per heavy atom. The molecular formula is C30H47NO5Si2. The van der Waals surface area contributed by atoms with Crippen molar-refractivity contribution in [2.24, 2.45) is 17.8 Å². The molecule has 38 heavy (non-hydrogen) atoms. The molecule has 2 amide bonds. The molecule has 1 aromatic rings. The number of fused-ring (bicyclic) bond motifs is 3. The van der Waals surface area contributed by atoms with Crippen molar-refractivity contribution >= 4 is 34.1 Å². The minimum atomic E-state index is -2.17. The summed E-state index contributed by atoms with van der Waals surface area (Å²) in [5.74, 6) is -1.65. The highest BCUT2D eigenvalue weighted by molar-refractivity contribution is 6.74. The van der Waals surface area contributed by atoms with E-state index in [-0.39, 0.29) is 40.0 Å². The average Bonchev–Trinajstić information content (AvgIpc) is 3.25. The fraction of sp³-hybridized carbons (Fsp3) is 0.667. The van der Waals surface area contributed by atoms with Gasteiger partial charge in [-0.2, -0.15) is 0 Å². The van der Waals surface area contributed by atoms with Crippen molar-refractivity contribution in [3.63, 3.8) is 0 Å². The lowest BCUT2D eigenvalue weighted by Gasteiger charge is -2.42. The molecule has 6 nitrogen and oxygen atoms in total. The number of carbonyl (C=O) groups is 2. The number of carbonyl (C=O) groups excluding carboxylic acids is 2. The maximum absolute atomic E-state index is 14.2. The van der Waals surface area contributed by atoms with Gasteiger partial charge in [-0.05, 0) is 54.0 Å². The van der Waals surface area contributed by atoms with Crippen LogP contribution in [0.5, 0.6) is 0 Å². The first-order chi connectivity index (χ1) is 17.4. The number of ether oxygens (including phenoxy) is 1. The molecule has 0 spiro atoms. The molecule has 1 saturated carbocycles. The summed E-state index contributed by atoms with van der Waals surface area (Å²) in [6, 6.07) is 9.26. The molecule has 8 heteroatoms. The number of hydrogen-bond donors (Lipinski definition) is 0. The molecule has 1 aromatic carbocycles. The topological polar surface area (TPSA) is 65.1 Å². The van der Waals surface area contributed by atoms with E-state index < -0.39 is 34.6 Å². The summed E-state index contributed by atoms with van der Waals surface area (Å²) in [4.78, 5) is 29.4. The minimum Gasteiger partial charge on any atom is -0.413 e. The van der Waals surface area contributed by atoms with Crippen LogP contribution in [0.2, 0.25) is 36.3 Å². The number of imide groups is 1. The summed E-state index contributed by atoms with van der Waals surface area (Å²) < 4.78 is 20.0. The Morgan fingerprint density at radius 2 is 1.32 bits per heavy atom. The molecule has 1 saturated heterocycles. The number of methoxy groups -OCH3 is 1. The second-order valence-electron chi connectivity index (χ2n) is 14.3. The number of nitrogens with zero attached hydrogens (tertiary/aromatic N) is 1. The van der Waals surface area contributed by atoms with Gasteiger partial charge in [-0.25, -0.2) is 4.90 Å². The molecule has 0 radical (unpaired) electrons. The van der Waals surface area contributed by atoms with Gasteiger partial charge in [0.15, 0.2) is 16.6 Å². The van der Waals surface area contributed by atoms with E-state index in [1.165, 1.54) is 4.90 Å². The van der Waals surface area contributed by atoms with Crippen LogP contribution in [0.1, 0.15) is 48.0 Å². The zero-order chi connectivity index (χ0) is 28.4. The van der Waals surface area contributed by atoms with Crippen LogP contribution in [0.3, 0.4) is 0 Å².